The topological polar surface area (TPSA) is 111 Å². The summed E-state index contributed by atoms with van der Waals surface area (Å²) in [6.07, 6.45) is 130. The Hall–Kier alpha value is -6.91. The van der Waals surface area contributed by atoms with Gasteiger partial charge in [0.15, 0.2) is 12.4 Å². The Balaban J connectivity index is 4.17. The quantitative estimate of drug-likeness (QED) is 0.0195. The molecule has 0 aliphatic rings. The number of carboxylic acids is 1. The Kier molecular flexibility index (Phi) is 77.3. The van der Waals surface area contributed by atoms with E-state index in [1.807, 2.05) is 21.1 Å². The van der Waals surface area contributed by atoms with Crippen LogP contribution < -0.4 is 5.11 Å². The van der Waals surface area contributed by atoms with E-state index in [-0.39, 0.29) is 38.6 Å². The van der Waals surface area contributed by atoms with Crippen molar-refractivity contribution >= 4 is 17.9 Å². The zero-order chi connectivity index (χ0) is 76.0. The number of allylic oxidation sites excluding steroid dienone is 40. The van der Waals surface area contributed by atoms with Crippen LogP contribution in [-0.2, 0) is 33.3 Å². The molecule has 0 spiro atoms. The largest absolute Gasteiger partial charge is 0.545 e. The third-order valence-corrected chi connectivity index (χ3v) is 16.6. The minimum atomic E-state index is -1.64. The molecule has 586 valence electrons. The summed E-state index contributed by atoms with van der Waals surface area (Å²) in [5.74, 6) is -2.32. The van der Waals surface area contributed by atoms with Crippen molar-refractivity contribution in [1.82, 2.24) is 0 Å². The molecule has 0 radical (unpaired) electrons. The van der Waals surface area contributed by atoms with E-state index < -0.39 is 24.3 Å². The van der Waals surface area contributed by atoms with Crippen molar-refractivity contribution in [3.05, 3.63) is 243 Å². The molecule has 0 aliphatic heterocycles. The molecular formula is C96H149NO8. The molecule has 0 aromatic rings. The van der Waals surface area contributed by atoms with Crippen molar-refractivity contribution in [1.29, 1.82) is 0 Å². The lowest BCUT2D eigenvalue weighted by molar-refractivity contribution is -0.870. The van der Waals surface area contributed by atoms with Crippen LogP contribution in [0, 0.1) is 0 Å². The van der Waals surface area contributed by atoms with Gasteiger partial charge in [0.1, 0.15) is 13.2 Å². The number of quaternary nitrogens is 1. The molecule has 0 aromatic heterocycles. The van der Waals surface area contributed by atoms with E-state index in [0.717, 1.165) is 186 Å². The smallest absolute Gasteiger partial charge is 0.306 e. The summed E-state index contributed by atoms with van der Waals surface area (Å²) in [7, 11) is 5.92. The maximum atomic E-state index is 13.0. The lowest BCUT2D eigenvalue weighted by Crippen LogP contribution is -2.44. The average Bonchev–Trinajstić information content (AvgIpc) is 1.18. The normalized spacial score (nSPS) is 14.0. The van der Waals surface area contributed by atoms with Crippen LogP contribution in [0.15, 0.2) is 243 Å². The van der Waals surface area contributed by atoms with Crippen LogP contribution in [0.3, 0.4) is 0 Å². The summed E-state index contributed by atoms with van der Waals surface area (Å²) >= 11 is 0. The van der Waals surface area contributed by atoms with E-state index in [0.29, 0.717) is 17.4 Å². The molecule has 0 amide bonds. The van der Waals surface area contributed by atoms with Crippen LogP contribution >= 0.6 is 0 Å². The molecule has 2 unspecified atom stereocenters. The lowest BCUT2D eigenvalue weighted by Gasteiger charge is -2.26. The molecule has 105 heavy (non-hydrogen) atoms. The third-order valence-electron chi connectivity index (χ3n) is 16.6. The van der Waals surface area contributed by atoms with Gasteiger partial charge in [-0.05, 0) is 167 Å². The van der Waals surface area contributed by atoms with Gasteiger partial charge in [0.2, 0.25) is 0 Å². The van der Waals surface area contributed by atoms with Crippen molar-refractivity contribution in [3.63, 3.8) is 0 Å². The fourth-order valence-corrected chi connectivity index (χ4v) is 10.4. The fraction of sp³-hybridized carbons (Fsp3) is 0.552. The second-order valence-electron chi connectivity index (χ2n) is 27.6. The Labute approximate surface area is 643 Å². The molecule has 0 saturated carbocycles. The van der Waals surface area contributed by atoms with E-state index in [9.17, 15) is 19.5 Å². The Morgan fingerprint density at radius 2 is 0.514 bits per heavy atom. The number of hydrogen-bond donors (Lipinski definition) is 0. The molecule has 9 heteroatoms. The number of nitrogens with zero attached hydrogens (tertiary/aromatic N) is 1. The molecule has 0 fully saturated rings. The van der Waals surface area contributed by atoms with Crippen LogP contribution in [0.5, 0.6) is 0 Å². The number of likely N-dealkylation sites (N-methyl/N-ethyl adjacent to an activating group) is 1. The predicted octanol–water partition coefficient (Wildman–Crippen LogP) is 25.8. The summed E-state index contributed by atoms with van der Waals surface area (Å²) in [4.78, 5) is 37.6. The Morgan fingerprint density at radius 1 is 0.286 bits per heavy atom. The molecule has 2 atom stereocenters. The molecule has 0 N–H and O–H groups in total. The first kappa shape index (κ1) is 98.1. The van der Waals surface area contributed by atoms with Crippen molar-refractivity contribution in [2.45, 2.75) is 296 Å². The molecule has 0 aliphatic carbocycles. The number of carbonyl (C=O) groups excluding carboxylic acids is 3. The summed E-state index contributed by atoms with van der Waals surface area (Å²) < 4.78 is 22.8. The Morgan fingerprint density at radius 3 is 0.762 bits per heavy atom. The first-order valence-corrected chi connectivity index (χ1v) is 41.2. The summed E-state index contributed by atoms with van der Waals surface area (Å²) in [5, 5.41) is 11.9. The van der Waals surface area contributed by atoms with E-state index in [4.69, 9.17) is 18.9 Å². The maximum absolute atomic E-state index is 13.0. The van der Waals surface area contributed by atoms with Gasteiger partial charge in [-0.15, -0.1) is 0 Å². The highest BCUT2D eigenvalue weighted by atomic mass is 16.7. The van der Waals surface area contributed by atoms with Crippen LogP contribution in [-0.4, -0.2) is 82.3 Å². The van der Waals surface area contributed by atoms with E-state index in [2.05, 4.69) is 257 Å². The zero-order valence-electron chi connectivity index (χ0n) is 67.0. The van der Waals surface area contributed by atoms with Crippen LogP contribution in [0.2, 0.25) is 0 Å². The second-order valence-corrected chi connectivity index (χ2v) is 27.6. The Bertz CT molecular complexity index is 2640. The minimum absolute atomic E-state index is 0.133. The molecule has 0 bridgehead atoms. The minimum Gasteiger partial charge on any atom is -0.545 e. The van der Waals surface area contributed by atoms with Crippen LogP contribution in [0.1, 0.15) is 284 Å². The van der Waals surface area contributed by atoms with Crippen molar-refractivity contribution in [2.75, 3.05) is 47.5 Å². The summed E-state index contributed by atoms with van der Waals surface area (Å²) in [5.41, 5.74) is 0. The van der Waals surface area contributed by atoms with Gasteiger partial charge in [-0.2, -0.15) is 0 Å². The van der Waals surface area contributed by atoms with Crippen molar-refractivity contribution in [2.24, 2.45) is 0 Å². The number of carboxylic acid groups (broad SMARTS) is 1. The van der Waals surface area contributed by atoms with Crippen LogP contribution in [0.4, 0.5) is 0 Å². The predicted molar refractivity (Wildman–Crippen MR) is 452 cm³/mol. The highest BCUT2D eigenvalue weighted by Crippen LogP contribution is 2.16. The number of esters is 2. The number of hydrogen-bond acceptors (Lipinski definition) is 8. The van der Waals surface area contributed by atoms with Crippen molar-refractivity contribution < 1.29 is 42.9 Å². The molecular weight excluding hydrogens is 1300 g/mol. The fourth-order valence-electron chi connectivity index (χ4n) is 10.4. The SMILES string of the molecule is CC/C=C\C/C=C\C/C=C\C/C=C\C/C=C\C/C=C\C/C=C\C/C=C\C/C=C\C/C=C\CCCCCCCCCCCCC(=O)OC(COC(=O)CCCCCCCCCC/C=C\C/C=C\C/C=C\C/C=C\C/C=C\C/C=C\C/C=C\C/C=C\C/C=C\C/C=C\CC)COC(OCC[N+](C)(C)C)C(=O)[O-]. The van der Waals surface area contributed by atoms with Gasteiger partial charge in [0, 0.05) is 12.8 Å². The first-order valence-electron chi connectivity index (χ1n) is 41.2. The first-order chi connectivity index (χ1) is 51.6. The number of ether oxygens (including phenoxy) is 4. The molecule has 0 aromatic carbocycles. The summed E-state index contributed by atoms with van der Waals surface area (Å²) in [6, 6.07) is 0. The monoisotopic (exact) mass is 1440 g/mol. The van der Waals surface area contributed by atoms with Crippen LogP contribution in [0.25, 0.3) is 0 Å². The summed E-state index contributed by atoms with van der Waals surface area (Å²) in [6.45, 7) is 4.48. The number of aliphatic carboxylic acids is 1. The maximum Gasteiger partial charge on any atom is 0.306 e. The standard InChI is InChI=1S/C96H149NO8/c1-6-8-10-12-14-16-18-20-22-24-26-28-30-32-34-36-38-40-42-44-46-47-49-51-53-55-57-59-61-63-65-67-69-71-73-75-77-79-81-83-85-87-94(99)105-92(91-104-96(95(100)101)102-89-88-97(3,4)5)90-103-93(98)86-84-82-80-78-76-74-72-70-68-66-64-62-60-58-56-54-52-50-48-45-43-41-39-37-35-33-31-29-27-25-23-21-19-17-15-13-11-9-7-2/h8-11,14-17,20-23,26-29,32-35,38-41,44-46,48-49,51-52,54-55,57-58,60-61,63-64,66,92,96H,6-7,12-13,18-19,24-25,30-31,36-37,42-43,47,50,53,56,59,62,65,67-91H2,1-5H3/b10-8-,11-9-,16-14-,17-15-,22-20-,23-21-,28-26-,29-27-,34-32-,35-33-,40-38-,41-39-,46-44-,48-45-,51-49-,54-52-,57-55-,60-58-,63-61-,66-64-. The molecule has 0 rings (SSSR count). The van der Waals surface area contributed by atoms with E-state index in [1.165, 1.54) is 64.2 Å². The van der Waals surface area contributed by atoms with Gasteiger partial charge < -0.3 is 33.3 Å². The average molecular weight is 1450 g/mol. The van der Waals surface area contributed by atoms with Gasteiger partial charge in [0.25, 0.3) is 0 Å². The third kappa shape index (κ3) is 84.2. The highest BCUT2D eigenvalue weighted by molar-refractivity contribution is 5.70. The van der Waals surface area contributed by atoms with Gasteiger partial charge in [-0.25, -0.2) is 0 Å². The number of rotatable bonds is 73. The lowest BCUT2D eigenvalue weighted by atomic mass is 10.0. The van der Waals surface area contributed by atoms with Gasteiger partial charge >= 0.3 is 11.9 Å². The van der Waals surface area contributed by atoms with Crippen molar-refractivity contribution in [3.8, 4) is 0 Å². The second kappa shape index (κ2) is 82.7. The number of unbranched alkanes of at least 4 members (excludes halogenated alkanes) is 18. The number of carbonyl (C=O) groups is 3. The van der Waals surface area contributed by atoms with E-state index >= 15 is 0 Å². The zero-order valence-corrected chi connectivity index (χ0v) is 67.0. The van der Waals surface area contributed by atoms with Gasteiger partial charge in [-0.1, -0.05) is 347 Å². The van der Waals surface area contributed by atoms with Gasteiger partial charge in [-0.3, -0.25) is 9.59 Å². The molecule has 0 saturated heterocycles. The highest BCUT2D eigenvalue weighted by Gasteiger charge is 2.22. The van der Waals surface area contributed by atoms with Gasteiger partial charge in [0.05, 0.1) is 40.3 Å². The van der Waals surface area contributed by atoms with E-state index in [1.54, 1.807) is 0 Å². The molecule has 0 heterocycles. The molecule has 9 nitrogen and oxygen atoms in total.